The highest BCUT2D eigenvalue weighted by atomic mass is 16.2. The van der Waals surface area contributed by atoms with Crippen LogP contribution >= 0.6 is 0 Å². The molecule has 0 aliphatic carbocycles. The van der Waals surface area contributed by atoms with Gasteiger partial charge in [-0.3, -0.25) is 14.7 Å². The van der Waals surface area contributed by atoms with E-state index in [0.29, 0.717) is 12.2 Å². The van der Waals surface area contributed by atoms with E-state index in [2.05, 4.69) is 15.5 Å². The fraction of sp³-hybridized carbons (Fsp3) is 0.353. The summed E-state index contributed by atoms with van der Waals surface area (Å²) < 4.78 is 0. The van der Waals surface area contributed by atoms with Gasteiger partial charge in [0, 0.05) is 30.8 Å². The third kappa shape index (κ3) is 3.16. The summed E-state index contributed by atoms with van der Waals surface area (Å²) in [7, 11) is 0. The molecular weight excluding hydrogens is 306 g/mol. The van der Waals surface area contributed by atoms with Gasteiger partial charge in [0.05, 0.1) is 6.04 Å². The number of aromatic amines is 1. The van der Waals surface area contributed by atoms with Gasteiger partial charge in [-0.2, -0.15) is 5.10 Å². The Morgan fingerprint density at radius 2 is 2.08 bits per heavy atom. The molecule has 7 heteroatoms. The number of rotatable bonds is 5. The van der Waals surface area contributed by atoms with Crippen molar-refractivity contribution < 1.29 is 9.59 Å². The number of aromatic nitrogens is 2. The van der Waals surface area contributed by atoms with Crippen LogP contribution in [0.3, 0.4) is 0 Å². The van der Waals surface area contributed by atoms with Crippen LogP contribution in [0, 0.1) is 0 Å². The van der Waals surface area contributed by atoms with Crippen molar-refractivity contribution in [3.05, 3.63) is 52.8 Å². The predicted molar refractivity (Wildman–Crippen MR) is 89.1 cm³/mol. The van der Waals surface area contributed by atoms with Crippen molar-refractivity contribution in [3.8, 4) is 0 Å². The first-order valence-electron chi connectivity index (χ1n) is 7.99. The fourth-order valence-corrected chi connectivity index (χ4v) is 3.00. The number of nitrogens with two attached hydrogens (primary N) is 1. The highest BCUT2D eigenvalue weighted by Crippen LogP contribution is 2.24. The molecule has 2 aromatic rings. The number of H-pyrrole nitrogens is 1. The number of hydrogen-bond acceptors (Lipinski definition) is 4. The Labute approximate surface area is 140 Å². The summed E-state index contributed by atoms with van der Waals surface area (Å²) >= 11 is 0. The molecule has 0 radical (unpaired) electrons. The number of amides is 2. The Morgan fingerprint density at radius 3 is 2.79 bits per heavy atom. The minimum Gasteiger partial charge on any atom is -0.368 e. The van der Waals surface area contributed by atoms with Crippen LogP contribution in [0.15, 0.2) is 30.3 Å². The highest BCUT2D eigenvalue weighted by molar-refractivity contribution is 5.96. The zero-order valence-electron chi connectivity index (χ0n) is 13.6. The number of fused-ring (bicyclic) bond motifs is 1. The maximum atomic E-state index is 13.0. The summed E-state index contributed by atoms with van der Waals surface area (Å²) in [5, 5.41) is 10.4. The Bertz CT molecular complexity index is 741. The Balaban J connectivity index is 1.92. The molecular formula is C17H21N5O2. The molecule has 2 amide bonds. The Morgan fingerprint density at radius 1 is 1.33 bits per heavy atom. The molecule has 126 valence electrons. The molecule has 0 bridgehead atoms. The fourth-order valence-electron chi connectivity index (χ4n) is 3.00. The minimum atomic E-state index is -0.548. The first kappa shape index (κ1) is 16.2. The minimum absolute atomic E-state index is 0.149. The number of nitrogens with one attached hydrogen (secondary N) is 2. The van der Waals surface area contributed by atoms with Crippen LogP contribution in [0.1, 0.15) is 40.3 Å². The van der Waals surface area contributed by atoms with Crippen LogP contribution in [-0.4, -0.2) is 40.0 Å². The second-order valence-electron chi connectivity index (χ2n) is 5.94. The van der Waals surface area contributed by atoms with Gasteiger partial charge in [0.1, 0.15) is 6.54 Å². The number of nitrogens with zero attached hydrogens (tertiary/aromatic N) is 2. The molecule has 4 N–H and O–H groups in total. The second-order valence-corrected chi connectivity index (χ2v) is 5.94. The number of carbonyl (C=O) groups excluding carboxylic acids is 2. The maximum absolute atomic E-state index is 13.0. The van der Waals surface area contributed by atoms with Crippen molar-refractivity contribution in [1.29, 1.82) is 0 Å². The summed E-state index contributed by atoms with van der Waals surface area (Å²) in [6.07, 6.45) is 0.805. The monoisotopic (exact) mass is 327 g/mol. The van der Waals surface area contributed by atoms with E-state index in [-0.39, 0.29) is 18.5 Å². The molecule has 1 aliphatic rings. The van der Waals surface area contributed by atoms with E-state index in [1.54, 1.807) is 0 Å². The molecule has 1 atom stereocenters. The Hall–Kier alpha value is -2.67. The van der Waals surface area contributed by atoms with E-state index in [1.807, 2.05) is 37.3 Å². The quantitative estimate of drug-likeness (QED) is 0.753. The third-order valence-electron chi connectivity index (χ3n) is 4.35. The van der Waals surface area contributed by atoms with Crippen molar-refractivity contribution in [2.45, 2.75) is 25.9 Å². The lowest BCUT2D eigenvalue weighted by Crippen LogP contribution is -2.41. The van der Waals surface area contributed by atoms with Crippen LogP contribution in [0.4, 0.5) is 0 Å². The zero-order valence-corrected chi connectivity index (χ0v) is 13.6. The first-order chi connectivity index (χ1) is 11.6. The van der Waals surface area contributed by atoms with Crippen LogP contribution in [0.5, 0.6) is 0 Å². The van der Waals surface area contributed by atoms with Gasteiger partial charge in [-0.15, -0.1) is 0 Å². The number of benzene rings is 1. The van der Waals surface area contributed by atoms with E-state index in [0.717, 1.165) is 29.8 Å². The van der Waals surface area contributed by atoms with Gasteiger partial charge in [0.25, 0.3) is 5.91 Å². The third-order valence-corrected chi connectivity index (χ3v) is 4.35. The Kier molecular flexibility index (Phi) is 4.61. The number of hydrogen-bond donors (Lipinski definition) is 3. The van der Waals surface area contributed by atoms with Crippen LogP contribution < -0.4 is 11.1 Å². The molecule has 0 fully saturated rings. The summed E-state index contributed by atoms with van der Waals surface area (Å²) in [5.74, 6) is -0.833. The smallest absolute Gasteiger partial charge is 0.275 e. The molecule has 1 aromatic carbocycles. The molecule has 24 heavy (non-hydrogen) atoms. The van der Waals surface area contributed by atoms with E-state index in [4.69, 9.17) is 5.73 Å². The standard InChI is InChI=1S/C17H21N5O2/c1-11(12-5-3-2-4-6-12)22(10-15(18)23)17(24)16-13-9-19-8-7-14(13)20-21-16/h2-6,11,19H,7-10H2,1H3,(H2,18,23)(H,20,21)/t11-/m1/s1. The SMILES string of the molecule is C[C@H](c1ccccc1)N(CC(N)=O)C(=O)c1n[nH]c2c1CNCC2. The molecule has 0 saturated heterocycles. The van der Waals surface area contributed by atoms with E-state index >= 15 is 0 Å². The molecule has 1 aromatic heterocycles. The summed E-state index contributed by atoms with van der Waals surface area (Å²) in [4.78, 5) is 26.0. The van der Waals surface area contributed by atoms with Gasteiger partial charge in [-0.05, 0) is 12.5 Å². The first-order valence-corrected chi connectivity index (χ1v) is 7.99. The van der Waals surface area contributed by atoms with E-state index in [1.165, 1.54) is 4.90 Å². The van der Waals surface area contributed by atoms with Gasteiger partial charge in [0.15, 0.2) is 5.69 Å². The molecule has 0 spiro atoms. The molecule has 7 nitrogen and oxygen atoms in total. The van der Waals surface area contributed by atoms with Crippen LogP contribution in [0.25, 0.3) is 0 Å². The summed E-state index contributed by atoms with van der Waals surface area (Å²) in [6, 6.07) is 9.28. The van der Waals surface area contributed by atoms with E-state index in [9.17, 15) is 9.59 Å². The molecule has 0 unspecified atom stereocenters. The normalized spacial score (nSPS) is 14.7. The molecule has 1 aliphatic heterocycles. The van der Waals surface area contributed by atoms with Crippen molar-refractivity contribution in [2.75, 3.05) is 13.1 Å². The zero-order chi connectivity index (χ0) is 17.1. The molecule has 3 rings (SSSR count). The number of carbonyl (C=O) groups is 2. The molecule has 0 saturated carbocycles. The van der Waals surface area contributed by atoms with Crippen molar-refractivity contribution in [2.24, 2.45) is 5.73 Å². The predicted octanol–water partition coefficient (Wildman–Crippen LogP) is 0.744. The average molecular weight is 327 g/mol. The van der Waals surface area contributed by atoms with Crippen molar-refractivity contribution in [3.63, 3.8) is 0 Å². The lowest BCUT2D eigenvalue weighted by molar-refractivity contribution is -0.119. The average Bonchev–Trinajstić information content (AvgIpc) is 3.03. The van der Waals surface area contributed by atoms with Gasteiger partial charge in [-0.1, -0.05) is 30.3 Å². The lowest BCUT2D eigenvalue weighted by Gasteiger charge is -2.28. The van der Waals surface area contributed by atoms with Gasteiger partial charge in [0.2, 0.25) is 5.91 Å². The second kappa shape index (κ2) is 6.84. The summed E-state index contributed by atoms with van der Waals surface area (Å²) in [6.45, 7) is 3.18. The van der Waals surface area contributed by atoms with Crippen molar-refractivity contribution >= 4 is 11.8 Å². The van der Waals surface area contributed by atoms with Crippen LogP contribution in [-0.2, 0) is 17.8 Å². The number of primary amides is 1. The van der Waals surface area contributed by atoms with Crippen molar-refractivity contribution in [1.82, 2.24) is 20.4 Å². The van der Waals surface area contributed by atoms with Gasteiger partial charge in [-0.25, -0.2) is 0 Å². The molecule has 2 heterocycles. The lowest BCUT2D eigenvalue weighted by atomic mass is 10.0. The van der Waals surface area contributed by atoms with Crippen LogP contribution in [0.2, 0.25) is 0 Å². The summed E-state index contributed by atoms with van der Waals surface area (Å²) in [5.41, 5.74) is 8.52. The highest BCUT2D eigenvalue weighted by Gasteiger charge is 2.29. The largest absolute Gasteiger partial charge is 0.368 e. The van der Waals surface area contributed by atoms with Gasteiger partial charge >= 0.3 is 0 Å². The maximum Gasteiger partial charge on any atom is 0.275 e. The van der Waals surface area contributed by atoms with E-state index < -0.39 is 5.91 Å². The topological polar surface area (TPSA) is 104 Å². The van der Waals surface area contributed by atoms with Gasteiger partial charge < -0.3 is 16.0 Å².